The standard InChI is InChI=1S/C15H26N4/c1-2-9-18-10-12-19(13-11-18)15-5-3-14(4-6-15)17-8-7-16/h3-6,17H,2,7-13,16H2,1H3. The van der Waals surface area contributed by atoms with Gasteiger partial charge in [0.1, 0.15) is 0 Å². The summed E-state index contributed by atoms with van der Waals surface area (Å²) in [7, 11) is 0. The first kappa shape index (κ1) is 14.2. The summed E-state index contributed by atoms with van der Waals surface area (Å²) in [4.78, 5) is 5.02. The number of nitrogens with zero attached hydrogens (tertiary/aromatic N) is 2. The van der Waals surface area contributed by atoms with Crippen LogP contribution in [-0.4, -0.2) is 50.7 Å². The highest BCUT2D eigenvalue weighted by atomic mass is 15.3. The molecule has 1 fully saturated rings. The van der Waals surface area contributed by atoms with Crippen LogP contribution >= 0.6 is 0 Å². The minimum absolute atomic E-state index is 0.668. The van der Waals surface area contributed by atoms with Crippen LogP contribution in [0.4, 0.5) is 11.4 Å². The molecular formula is C15H26N4. The number of benzene rings is 1. The first-order valence-electron chi connectivity index (χ1n) is 7.35. The van der Waals surface area contributed by atoms with Crippen LogP contribution in [-0.2, 0) is 0 Å². The Kier molecular flexibility index (Phi) is 5.48. The third kappa shape index (κ3) is 4.11. The molecule has 1 saturated heterocycles. The second-order valence-corrected chi connectivity index (χ2v) is 5.09. The molecular weight excluding hydrogens is 236 g/mol. The molecule has 4 heteroatoms. The Morgan fingerprint density at radius 3 is 2.37 bits per heavy atom. The molecule has 0 spiro atoms. The van der Waals surface area contributed by atoms with Crippen molar-refractivity contribution in [2.24, 2.45) is 5.73 Å². The quantitative estimate of drug-likeness (QED) is 0.817. The van der Waals surface area contributed by atoms with Crippen molar-refractivity contribution in [1.29, 1.82) is 0 Å². The molecule has 0 unspecified atom stereocenters. The molecule has 2 rings (SSSR count). The van der Waals surface area contributed by atoms with E-state index in [1.807, 2.05) is 0 Å². The van der Waals surface area contributed by atoms with Gasteiger partial charge < -0.3 is 16.0 Å². The molecule has 1 heterocycles. The van der Waals surface area contributed by atoms with E-state index in [1.54, 1.807) is 0 Å². The first-order valence-corrected chi connectivity index (χ1v) is 7.35. The number of hydrogen-bond acceptors (Lipinski definition) is 4. The van der Waals surface area contributed by atoms with Crippen LogP contribution in [0.5, 0.6) is 0 Å². The molecule has 1 aromatic carbocycles. The van der Waals surface area contributed by atoms with E-state index in [0.29, 0.717) is 6.54 Å². The third-order valence-corrected chi connectivity index (χ3v) is 3.62. The maximum atomic E-state index is 5.49. The van der Waals surface area contributed by atoms with E-state index in [-0.39, 0.29) is 0 Å². The number of rotatable bonds is 6. The fourth-order valence-electron chi connectivity index (χ4n) is 2.55. The van der Waals surface area contributed by atoms with Crippen molar-refractivity contribution in [3.63, 3.8) is 0 Å². The van der Waals surface area contributed by atoms with Gasteiger partial charge in [0.15, 0.2) is 0 Å². The predicted octanol–water partition coefficient (Wildman–Crippen LogP) is 1.59. The molecule has 0 amide bonds. The maximum absolute atomic E-state index is 5.49. The fourth-order valence-corrected chi connectivity index (χ4v) is 2.55. The van der Waals surface area contributed by atoms with E-state index in [2.05, 4.69) is 46.3 Å². The Morgan fingerprint density at radius 1 is 1.11 bits per heavy atom. The minimum Gasteiger partial charge on any atom is -0.384 e. The van der Waals surface area contributed by atoms with Gasteiger partial charge in [0.25, 0.3) is 0 Å². The van der Waals surface area contributed by atoms with Crippen LogP contribution in [0.1, 0.15) is 13.3 Å². The number of piperazine rings is 1. The zero-order valence-electron chi connectivity index (χ0n) is 11.9. The smallest absolute Gasteiger partial charge is 0.0368 e. The summed E-state index contributed by atoms with van der Waals surface area (Å²) in [5.74, 6) is 0. The maximum Gasteiger partial charge on any atom is 0.0368 e. The van der Waals surface area contributed by atoms with Gasteiger partial charge in [-0.25, -0.2) is 0 Å². The molecule has 0 radical (unpaired) electrons. The van der Waals surface area contributed by atoms with E-state index in [0.717, 1.165) is 25.3 Å². The molecule has 1 aliphatic heterocycles. The van der Waals surface area contributed by atoms with Gasteiger partial charge in [-0.05, 0) is 37.2 Å². The molecule has 0 atom stereocenters. The molecule has 19 heavy (non-hydrogen) atoms. The van der Waals surface area contributed by atoms with Gasteiger partial charge in [-0.1, -0.05) is 6.92 Å². The normalized spacial score (nSPS) is 16.6. The molecule has 106 valence electrons. The second-order valence-electron chi connectivity index (χ2n) is 5.09. The van der Waals surface area contributed by atoms with Crippen LogP contribution < -0.4 is 16.0 Å². The zero-order valence-corrected chi connectivity index (χ0v) is 11.9. The summed E-state index contributed by atoms with van der Waals surface area (Å²) in [6, 6.07) is 8.69. The van der Waals surface area contributed by atoms with E-state index < -0.39 is 0 Å². The third-order valence-electron chi connectivity index (χ3n) is 3.62. The van der Waals surface area contributed by atoms with E-state index in [9.17, 15) is 0 Å². The summed E-state index contributed by atoms with van der Waals surface area (Å²) in [6.07, 6.45) is 1.25. The van der Waals surface area contributed by atoms with Crippen molar-refractivity contribution in [1.82, 2.24) is 4.90 Å². The van der Waals surface area contributed by atoms with Crippen molar-refractivity contribution in [2.45, 2.75) is 13.3 Å². The van der Waals surface area contributed by atoms with Crippen molar-refractivity contribution in [3.8, 4) is 0 Å². The molecule has 0 aliphatic carbocycles. The second kappa shape index (κ2) is 7.36. The lowest BCUT2D eigenvalue weighted by Crippen LogP contribution is -2.46. The summed E-state index contributed by atoms with van der Waals surface area (Å²) < 4.78 is 0. The number of hydrogen-bond donors (Lipinski definition) is 2. The highest BCUT2D eigenvalue weighted by molar-refractivity contribution is 5.55. The lowest BCUT2D eigenvalue weighted by Gasteiger charge is -2.36. The van der Waals surface area contributed by atoms with E-state index in [4.69, 9.17) is 5.73 Å². The monoisotopic (exact) mass is 262 g/mol. The van der Waals surface area contributed by atoms with Gasteiger partial charge in [-0.3, -0.25) is 4.90 Å². The van der Waals surface area contributed by atoms with Crippen LogP contribution in [0.25, 0.3) is 0 Å². The molecule has 1 aromatic rings. The van der Waals surface area contributed by atoms with Crippen LogP contribution in [0.15, 0.2) is 24.3 Å². The van der Waals surface area contributed by atoms with Crippen molar-refractivity contribution >= 4 is 11.4 Å². The number of nitrogens with one attached hydrogen (secondary N) is 1. The minimum atomic E-state index is 0.668. The summed E-state index contributed by atoms with van der Waals surface area (Å²) in [5, 5.41) is 3.30. The van der Waals surface area contributed by atoms with Gasteiger partial charge >= 0.3 is 0 Å². The highest BCUT2D eigenvalue weighted by Crippen LogP contribution is 2.19. The predicted molar refractivity (Wildman–Crippen MR) is 82.9 cm³/mol. The van der Waals surface area contributed by atoms with Gasteiger partial charge in [0, 0.05) is 50.6 Å². The molecule has 4 nitrogen and oxygen atoms in total. The van der Waals surface area contributed by atoms with Gasteiger partial charge in [0.2, 0.25) is 0 Å². The average Bonchev–Trinajstić information content (AvgIpc) is 2.47. The topological polar surface area (TPSA) is 44.5 Å². The average molecular weight is 262 g/mol. The van der Waals surface area contributed by atoms with Crippen LogP contribution in [0, 0.1) is 0 Å². The zero-order chi connectivity index (χ0) is 13.5. The van der Waals surface area contributed by atoms with Crippen LogP contribution in [0.2, 0.25) is 0 Å². The van der Waals surface area contributed by atoms with Crippen molar-refractivity contribution in [2.75, 3.05) is 56.0 Å². The van der Waals surface area contributed by atoms with Gasteiger partial charge in [0.05, 0.1) is 0 Å². The van der Waals surface area contributed by atoms with E-state index in [1.165, 1.54) is 31.7 Å². The Hall–Kier alpha value is -1.26. The summed E-state index contributed by atoms with van der Waals surface area (Å²) in [6.45, 7) is 9.61. The lowest BCUT2D eigenvalue weighted by atomic mass is 10.2. The van der Waals surface area contributed by atoms with Crippen molar-refractivity contribution < 1.29 is 0 Å². The fraction of sp³-hybridized carbons (Fsp3) is 0.600. The SMILES string of the molecule is CCCN1CCN(c2ccc(NCCN)cc2)CC1. The molecule has 3 N–H and O–H groups in total. The molecule has 1 aliphatic rings. The largest absolute Gasteiger partial charge is 0.384 e. The Morgan fingerprint density at radius 2 is 1.79 bits per heavy atom. The summed E-state index contributed by atoms with van der Waals surface area (Å²) >= 11 is 0. The number of nitrogens with two attached hydrogens (primary N) is 1. The summed E-state index contributed by atoms with van der Waals surface area (Å²) in [5.41, 5.74) is 7.97. The molecule has 0 aromatic heterocycles. The van der Waals surface area contributed by atoms with Crippen molar-refractivity contribution in [3.05, 3.63) is 24.3 Å². The first-order chi connectivity index (χ1) is 9.33. The highest BCUT2D eigenvalue weighted by Gasteiger charge is 2.16. The molecule has 0 bridgehead atoms. The van der Waals surface area contributed by atoms with Crippen LogP contribution in [0.3, 0.4) is 0 Å². The van der Waals surface area contributed by atoms with Gasteiger partial charge in [-0.15, -0.1) is 0 Å². The number of anilines is 2. The lowest BCUT2D eigenvalue weighted by molar-refractivity contribution is 0.258. The Labute approximate surface area is 116 Å². The Bertz CT molecular complexity index is 355. The van der Waals surface area contributed by atoms with Gasteiger partial charge in [-0.2, -0.15) is 0 Å². The molecule has 0 saturated carbocycles. The van der Waals surface area contributed by atoms with E-state index >= 15 is 0 Å². The Balaban J connectivity index is 1.85.